The van der Waals surface area contributed by atoms with E-state index in [1.165, 1.54) is 25.0 Å². The summed E-state index contributed by atoms with van der Waals surface area (Å²) in [6, 6.07) is 4.58. The molecule has 2 N–H and O–H groups in total. The molecule has 2 amide bonds. The van der Waals surface area contributed by atoms with Crippen molar-refractivity contribution in [2.75, 3.05) is 6.61 Å². The summed E-state index contributed by atoms with van der Waals surface area (Å²) in [5.74, 6) is 0. The van der Waals surface area contributed by atoms with Gasteiger partial charge in [-0.2, -0.15) is 0 Å². The van der Waals surface area contributed by atoms with Gasteiger partial charge < -0.3 is 19.9 Å². The lowest BCUT2D eigenvalue weighted by Crippen LogP contribution is -2.52. The van der Waals surface area contributed by atoms with Gasteiger partial charge in [-0.3, -0.25) is 0 Å². The molecule has 1 saturated heterocycles. The first-order valence-electron chi connectivity index (χ1n) is 9.87. The second-order valence-electron chi connectivity index (χ2n) is 7.95. The molecule has 0 bridgehead atoms. The van der Waals surface area contributed by atoms with Crippen LogP contribution in [0.2, 0.25) is 0 Å². The fraction of sp³-hybridized carbons (Fsp3) is 0.750. The van der Waals surface area contributed by atoms with Gasteiger partial charge in [0.15, 0.2) is 0 Å². The van der Waals surface area contributed by atoms with Crippen molar-refractivity contribution in [3.63, 3.8) is 0 Å². The van der Waals surface area contributed by atoms with Crippen molar-refractivity contribution >= 4 is 6.03 Å². The molecule has 140 valence electrons. The molecule has 1 aromatic rings. The number of carbonyl (C=O) groups is 1. The molecule has 2 aliphatic rings. The molecular formula is C20H33N3O2. The van der Waals surface area contributed by atoms with Gasteiger partial charge in [-0.15, -0.1) is 0 Å². The number of amides is 2. The van der Waals surface area contributed by atoms with Crippen molar-refractivity contribution in [1.82, 2.24) is 15.2 Å². The maximum absolute atomic E-state index is 12.4. The number of aromatic nitrogens is 1. The summed E-state index contributed by atoms with van der Waals surface area (Å²) in [7, 11) is 2.06. The van der Waals surface area contributed by atoms with Crippen LogP contribution in [-0.4, -0.2) is 34.9 Å². The molecule has 0 radical (unpaired) electrons. The van der Waals surface area contributed by atoms with Gasteiger partial charge in [-0.05, 0) is 57.6 Å². The second kappa shape index (κ2) is 8.26. The average molecular weight is 348 g/mol. The maximum atomic E-state index is 12.4. The van der Waals surface area contributed by atoms with Gasteiger partial charge in [-0.1, -0.05) is 19.3 Å². The standard InChI is InChI=1S/C20H33N3O2/c1-16(8-9-18-7-6-13-23(18)2)21-19(24)22-17-10-14-25-20(15-17)11-4-3-5-12-20/h6-7,13,16-17H,3-5,8-12,14-15H2,1-2H3,(H2,21,22,24). The topological polar surface area (TPSA) is 55.3 Å². The summed E-state index contributed by atoms with van der Waals surface area (Å²) in [6.45, 7) is 2.85. The minimum Gasteiger partial charge on any atom is -0.375 e. The Morgan fingerprint density at radius 2 is 2.20 bits per heavy atom. The summed E-state index contributed by atoms with van der Waals surface area (Å²) in [4.78, 5) is 12.4. The summed E-state index contributed by atoms with van der Waals surface area (Å²) in [6.07, 6.45) is 12.0. The quantitative estimate of drug-likeness (QED) is 0.856. The van der Waals surface area contributed by atoms with E-state index in [9.17, 15) is 4.79 Å². The number of rotatable bonds is 5. The summed E-state index contributed by atoms with van der Waals surface area (Å²) >= 11 is 0. The predicted octanol–water partition coefficient (Wildman–Crippen LogP) is 3.53. The maximum Gasteiger partial charge on any atom is 0.315 e. The number of aryl methyl sites for hydroxylation is 2. The Morgan fingerprint density at radius 3 is 2.92 bits per heavy atom. The first kappa shape index (κ1) is 18.3. The van der Waals surface area contributed by atoms with Crippen molar-refractivity contribution in [3.8, 4) is 0 Å². The van der Waals surface area contributed by atoms with Gasteiger partial charge in [0.05, 0.1) is 5.60 Å². The Morgan fingerprint density at radius 1 is 1.40 bits per heavy atom. The van der Waals surface area contributed by atoms with E-state index in [-0.39, 0.29) is 23.7 Å². The van der Waals surface area contributed by atoms with Crippen LogP contribution in [0.15, 0.2) is 18.3 Å². The van der Waals surface area contributed by atoms with Crippen LogP contribution in [0.1, 0.15) is 64.0 Å². The third-order valence-electron chi connectivity index (χ3n) is 5.86. The number of nitrogens with one attached hydrogen (secondary N) is 2. The zero-order valence-electron chi connectivity index (χ0n) is 15.7. The van der Waals surface area contributed by atoms with E-state index in [2.05, 4.69) is 47.5 Å². The molecular weight excluding hydrogens is 314 g/mol. The zero-order valence-corrected chi connectivity index (χ0v) is 15.7. The van der Waals surface area contributed by atoms with Crippen molar-refractivity contribution in [2.24, 2.45) is 7.05 Å². The summed E-state index contributed by atoms with van der Waals surface area (Å²) in [5.41, 5.74) is 1.34. The Bertz CT molecular complexity index is 558. The van der Waals surface area contributed by atoms with Gasteiger partial charge in [0, 0.05) is 37.6 Å². The molecule has 3 rings (SSSR count). The number of nitrogens with zero attached hydrogens (tertiary/aromatic N) is 1. The van der Waals surface area contributed by atoms with Crippen LogP contribution < -0.4 is 10.6 Å². The first-order chi connectivity index (χ1) is 12.1. The third kappa shape index (κ3) is 5.00. The molecule has 2 atom stereocenters. The van der Waals surface area contributed by atoms with Crippen LogP contribution >= 0.6 is 0 Å². The number of urea groups is 1. The highest BCUT2D eigenvalue weighted by Crippen LogP contribution is 2.38. The fourth-order valence-corrected chi connectivity index (χ4v) is 4.34. The Balaban J connectivity index is 1.41. The number of hydrogen-bond acceptors (Lipinski definition) is 2. The SMILES string of the molecule is CC(CCc1cccn1C)NC(=O)NC1CCOC2(CCCCC2)C1. The normalized spacial score (nSPS) is 24.0. The van der Waals surface area contributed by atoms with Crippen molar-refractivity contribution < 1.29 is 9.53 Å². The van der Waals surface area contributed by atoms with E-state index < -0.39 is 0 Å². The van der Waals surface area contributed by atoms with Crippen molar-refractivity contribution in [1.29, 1.82) is 0 Å². The van der Waals surface area contributed by atoms with Crippen LogP contribution in [0.3, 0.4) is 0 Å². The zero-order chi connectivity index (χ0) is 17.7. The molecule has 0 aromatic carbocycles. The van der Waals surface area contributed by atoms with Gasteiger partial charge in [0.25, 0.3) is 0 Å². The van der Waals surface area contributed by atoms with E-state index >= 15 is 0 Å². The molecule has 1 saturated carbocycles. The minimum atomic E-state index is -0.0303. The van der Waals surface area contributed by atoms with Gasteiger partial charge >= 0.3 is 6.03 Å². The number of carbonyl (C=O) groups excluding carboxylic acids is 1. The van der Waals surface area contributed by atoms with Gasteiger partial charge in [-0.25, -0.2) is 4.79 Å². The third-order valence-corrected chi connectivity index (χ3v) is 5.86. The minimum absolute atomic E-state index is 0.0303. The number of hydrogen-bond donors (Lipinski definition) is 2. The van der Waals surface area contributed by atoms with Crippen LogP contribution in [0.4, 0.5) is 4.79 Å². The molecule has 2 heterocycles. The number of ether oxygens (including phenoxy) is 1. The molecule has 1 aliphatic heterocycles. The highest BCUT2D eigenvalue weighted by molar-refractivity contribution is 5.74. The Labute approximate surface area is 151 Å². The lowest BCUT2D eigenvalue weighted by molar-refractivity contribution is -0.107. The Kier molecular flexibility index (Phi) is 6.05. The molecule has 2 fully saturated rings. The second-order valence-corrected chi connectivity index (χ2v) is 7.95. The van der Waals surface area contributed by atoms with E-state index in [0.29, 0.717) is 0 Å². The lowest BCUT2D eigenvalue weighted by atomic mass is 9.78. The summed E-state index contributed by atoms with van der Waals surface area (Å²) < 4.78 is 8.25. The van der Waals surface area contributed by atoms with Crippen molar-refractivity contribution in [2.45, 2.75) is 82.4 Å². The van der Waals surface area contributed by atoms with Gasteiger partial charge in [0.2, 0.25) is 0 Å². The molecule has 1 spiro atoms. The highest BCUT2D eigenvalue weighted by atomic mass is 16.5. The van der Waals surface area contributed by atoms with E-state index in [1.807, 2.05) is 0 Å². The van der Waals surface area contributed by atoms with E-state index in [0.717, 1.165) is 45.1 Å². The van der Waals surface area contributed by atoms with Crippen LogP contribution in [0, 0.1) is 0 Å². The average Bonchev–Trinajstić information content (AvgIpc) is 2.99. The predicted molar refractivity (Wildman–Crippen MR) is 99.7 cm³/mol. The van der Waals surface area contributed by atoms with Crippen molar-refractivity contribution in [3.05, 3.63) is 24.0 Å². The monoisotopic (exact) mass is 347 g/mol. The summed E-state index contributed by atoms with van der Waals surface area (Å²) in [5, 5.41) is 6.29. The Hall–Kier alpha value is -1.49. The molecule has 25 heavy (non-hydrogen) atoms. The smallest absolute Gasteiger partial charge is 0.315 e. The molecule has 1 aliphatic carbocycles. The molecule has 5 nitrogen and oxygen atoms in total. The fourth-order valence-electron chi connectivity index (χ4n) is 4.34. The van der Waals surface area contributed by atoms with E-state index in [4.69, 9.17) is 4.74 Å². The largest absolute Gasteiger partial charge is 0.375 e. The first-order valence-corrected chi connectivity index (χ1v) is 9.87. The van der Waals surface area contributed by atoms with Gasteiger partial charge in [0.1, 0.15) is 0 Å². The van der Waals surface area contributed by atoms with Crippen LogP contribution in [-0.2, 0) is 18.2 Å². The van der Waals surface area contributed by atoms with Crippen LogP contribution in [0.5, 0.6) is 0 Å². The molecule has 2 unspecified atom stereocenters. The highest BCUT2D eigenvalue weighted by Gasteiger charge is 2.38. The van der Waals surface area contributed by atoms with Crippen LogP contribution in [0.25, 0.3) is 0 Å². The molecule has 5 heteroatoms. The van der Waals surface area contributed by atoms with E-state index in [1.54, 1.807) is 0 Å². The lowest BCUT2D eigenvalue weighted by Gasteiger charge is -2.43. The molecule has 1 aromatic heterocycles.